The van der Waals surface area contributed by atoms with E-state index in [1.165, 1.54) is 5.56 Å². The van der Waals surface area contributed by atoms with E-state index in [4.69, 9.17) is 9.47 Å². The van der Waals surface area contributed by atoms with Gasteiger partial charge in [0.15, 0.2) is 0 Å². The molecule has 1 heterocycles. The Morgan fingerprint density at radius 3 is 2.80 bits per heavy atom. The molecule has 2 rings (SSSR count). The molecule has 2 N–H and O–H groups in total. The zero-order chi connectivity index (χ0) is 14.8. The van der Waals surface area contributed by atoms with E-state index in [2.05, 4.69) is 18.3 Å². The van der Waals surface area contributed by atoms with Crippen molar-refractivity contribution in [3.05, 3.63) is 29.3 Å². The lowest BCUT2D eigenvalue weighted by molar-refractivity contribution is -0.0560. The summed E-state index contributed by atoms with van der Waals surface area (Å²) in [5.41, 5.74) is 1.56. The Morgan fingerprint density at radius 2 is 2.15 bits per heavy atom. The monoisotopic (exact) mass is 279 g/mol. The summed E-state index contributed by atoms with van der Waals surface area (Å²) in [6.45, 7) is 6.88. The number of benzene rings is 1. The van der Waals surface area contributed by atoms with Crippen LogP contribution < -0.4 is 10.1 Å². The summed E-state index contributed by atoms with van der Waals surface area (Å²) in [6.07, 6.45) is 1.05. The van der Waals surface area contributed by atoms with E-state index >= 15 is 0 Å². The van der Waals surface area contributed by atoms with Crippen molar-refractivity contribution >= 4 is 0 Å². The van der Waals surface area contributed by atoms with Crippen molar-refractivity contribution in [2.75, 3.05) is 20.3 Å². The smallest absolute Gasteiger partial charge is 0.122 e. The van der Waals surface area contributed by atoms with Crippen molar-refractivity contribution in [2.24, 2.45) is 0 Å². The van der Waals surface area contributed by atoms with Gasteiger partial charge in [-0.25, -0.2) is 0 Å². The van der Waals surface area contributed by atoms with E-state index in [0.717, 1.165) is 24.3 Å². The Hall–Kier alpha value is -1.10. The molecule has 0 amide bonds. The maximum atomic E-state index is 9.81. The molecule has 4 heteroatoms. The number of rotatable bonds is 5. The van der Waals surface area contributed by atoms with Crippen LogP contribution in [0, 0.1) is 6.92 Å². The largest absolute Gasteiger partial charge is 0.496 e. The molecule has 0 unspecified atom stereocenters. The first-order valence-corrected chi connectivity index (χ1v) is 7.13. The van der Waals surface area contributed by atoms with Crippen LogP contribution in [0.5, 0.6) is 5.75 Å². The fourth-order valence-corrected chi connectivity index (χ4v) is 2.67. The number of hydrogen-bond donors (Lipinski definition) is 2. The standard InChI is InChI=1S/C16H25NO3/c1-11-12(6-5-7-13(11)19-4)15-14(8-9-17-15)20-10-16(2,3)18/h5-7,14-15,17-18H,8-10H2,1-4H3/t14-,15-/m1/s1. The van der Waals surface area contributed by atoms with Gasteiger partial charge in [-0.05, 0) is 50.9 Å². The minimum atomic E-state index is -0.795. The summed E-state index contributed by atoms with van der Waals surface area (Å²) in [4.78, 5) is 0. The number of ether oxygens (including phenoxy) is 2. The van der Waals surface area contributed by atoms with Crippen LogP contribution in [0.4, 0.5) is 0 Å². The van der Waals surface area contributed by atoms with E-state index < -0.39 is 5.60 Å². The molecule has 0 spiro atoms. The van der Waals surface area contributed by atoms with Crippen molar-refractivity contribution in [3.63, 3.8) is 0 Å². The van der Waals surface area contributed by atoms with Crippen LogP contribution in [0.25, 0.3) is 0 Å². The second-order valence-corrected chi connectivity index (χ2v) is 6.06. The van der Waals surface area contributed by atoms with Gasteiger partial charge in [-0.1, -0.05) is 12.1 Å². The Bertz CT molecular complexity index is 454. The van der Waals surface area contributed by atoms with Crippen molar-refractivity contribution in [1.29, 1.82) is 0 Å². The van der Waals surface area contributed by atoms with Crippen LogP contribution in [0.1, 0.15) is 37.4 Å². The SMILES string of the molecule is COc1cccc([C@H]2NCC[C@H]2OCC(C)(C)O)c1C. The van der Waals surface area contributed by atoms with Gasteiger partial charge in [-0.15, -0.1) is 0 Å². The average Bonchev–Trinajstić information content (AvgIpc) is 2.84. The van der Waals surface area contributed by atoms with Crippen molar-refractivity contribution in [1.82, 2.24) is 5.32 Å². The van der Waals surface area contributed by atoms with Crippen LogP contribution >= 0.6 is 0 Å². The van der Waals surface area contributed by atoms with Gasteiger partial charge in [-0.2, -0.15) is 0 Å². The maximum Gasteiger partial charge on any atom is 0.122 e. The first-order chi connectivity index (χ1) is 9.42. The number of nitrogens with one attached hydrogen (secondary N) is 1. The summed E-state index contributed by atoms with van der Waals surface area (Å²) in [7, 11) is 1.69. The molecular formula is C16H25NO3. The molecule has 2 atom stereocenters. The fraction of sp³-hybridized carbons (Fsp3) is 0.625. The van der Waals surface area contributed by atoms with Gasteiger partial charge in [0.25, 0.3) is 0 Å². The lowest BCUT2D eigenvalue weighted by Crippen LogP contribution is -2.32. The quantitative estimate of drug-likeness (QED) is 0.867. The van der Waals surface area contributed by atoms with Crippen molar-refractivity contribution < 1.29 is 14.6 Å². The zero-order valence-corrected chi connectivity index (χ0v) is 12.8. The molecule has 1 fully saturated rings. The molecule has 1 aliphatic heterocycles. The minimum absolute atomic E-state index is 0.0900. The summed E-state index contributed by atoms with van der Waals surface area (Å²) < 4.78 is 11.3. The highest BCUT2D eigenvalue weighted by molar-refractivity contribution is 5.41. The second kappa shape index (κ2) is 6.12. The van der Waals surface area contributed by atoms with Crippen LogP contribution in [0.15, 0.2) is 18.2 Å². The molecule has 20 heavy (non-hydrogen) atoms. The number of aliphatic hydroxyl groups is 1. The maximum absolute atomic E-state index is 9.81. The predicted molar refractivity (Wildman–Crippen MR) is 79.1 cm³/mol. The molecule has 1 saturated heterocycles. The fourth-order valence-electron chi connectivity index (χ4n) is 2.67. The van der Waals surface area contributed by atoms with Crippen LogP contribution in [-0.2, 0) is 4.74 Å². The normalized spacial score (nSPS) is 23.1. The van der Waals surface area contributed by atoms with Crippen LogP contribution in [0.2, 0.25) is 0 Å². The Labute approximate surface area is 121 Å². The lowest BCUT2D eigenvalue weighted by Gasteiger charge is -2.26. The summed E-state index contributed by atoms with van der Waals surface area (Å²) >= 11 is 0. The van der Waals surface area contributed by atoms with Gasteiger partial charge in [-0.3, -0.25) is 0 Å². The van der Waals surface area contributed by atoms with E-state index in [-0.39, 0.29) is 12.1 Å². The minimum Gasteiger partial charge on any atom is -0.496 e. The number of methoxy groups -OCH3 is 1. The Balaban J connectivity index is 2.14. The lowest BCUT2D eigenvalue weighted by atomic mass is 9.97. The first kappa shape index (κ1) is 15.3. The Kier molecular flexibility index (Phi) is 4.68. The van der Waals surface area contributed by atoms with E-state index in [1.807, 2.05) is 12.1 Å². The molecule has 0 bridgehead atoms. The third-order valence-electron chi connectivity index (χ3n) is 3.70. The predicted octanol–water partition coefficient (Wildman–Crippen LogP) is 2.19. The summed E-state index contributed by atoms with van der Waals surface area (Å²) in [5.74, 6) is 0.900. The van der Waals surface area contributed by atoms with Crippen molar-refractivity contribution in [2.45, 2.75) is 44.9 Å². The molecule has 0 radical (unpaired) electrons. The zero-order valence-electron chi connectivity index (χ0n) is 12.8. The van der Waals surface area contributed by atoms with Gasteiger partial charge < -0.3 is 19.9 Å². The first-order valence-electron chi connectivity index (χ1n) is 7.13. The van der Waals surface area contributed by atoms with E-state index in [1.54, 1.807) is 21.0 Å². The summed E-state index contributed by atoms with van der Waals surface area (Å²) in [5, 5.41) is 13.3. The second-order valence-electron chi connectivity index (χ2n) is 6.06. The average molecular weight is 279 g/mol. The Morgan fingerprint density at radius 1 is 1.40 bits per heavy atom. The topological polar surface area (TPSA) is 50.7 Å². The molecule has 1 aromatic carbocycles. The van der Waals surface area contributed by atoms with Gasteiger partial charge in [0.1, 0.15) is 5.75 Å². The molecule has 0 aromatic heterocycles. The van der Waals surface area contributed by atoms with E-state index in [0.29, 0.717) is 6.61 Å². The molecule has 1 aromatic rings. The van der Waals surface area contributed by atoms with E-state index in [9.17, 15) is 5.11 Å². The van der Waals surface area contributed by atoms with Gasteiger partial charge in [0, 0.05) is 0 Å². The molecule has 1 aliphatic rings. The molecule has 0 saturated carbocycles. The highest BCUT2D eigenvalue weighted by Gasteiger charge is 2.31. The molecule has 112 valence electrons. The van der Waals surface area contributed by atoms with Crippen molar-refractivity contribution in [3.8, 4) is 5.75 Å². The van der Waals surface area contributed by atoms with Gasteiger partial charge in [0.2, 0.25) is 0 Å². The summed E-state index contributed by atoms with van der Waals surface area (Å²) in [6, 6.07) is 6.25. The van der Waals surface area contributed by atoms with Crippen LogP contribution in [0.3, 0.4) is 0 Å². The number of hydrogen-bond acceptors (Lipinski definition) is 4. The molecule has 4 nitrogen and oxygen atoms in total. The van der Waals surface area contributed by atoms with Gasteiger partial charge in [0.05, 0.1) is 31.5 Å². The molecule has 0 aliphatic carbocycles. The third kappa shape index (κ3) is 3.51. The molecular weight excluding hydrogens is 254 g/mol. The highest BCUT2D eigenvalue weighted by atomic mass is 16.5. The van der Waals surface area contributed by atoms with Gasteiger partial charge >= 0.3 is 0 Å². The third-order valence-corrected chi connectivity index (χ3v) is 3.70. The highest BCUT2D eigenvalue weighted by Crippen LogP contribution is 2.32. The van der Waals surface area contributed by atoms with Crippen LogP contribution in [-0.4, -0.2) is 37.1 Å².